The molecule has 84 valence electrons. The van der Waals surface area contributed by atoms with Crippen molar-refractivity contribution in [3.8, 4) is 11.3 Å². The van der Waals surface area contributed by atoms with Crippen LogP contribution in [-0.2, 0) is 0 Å². The zero-order chi connectivity index (χ0) is 11.9. The van der Waals surface area contributed by atoms with Crippen molar-refractivity contribution in [3.63, 3.8) is 0 Å². The second kappa shape index (κ2) is 3.94. The molecule has 2 rings (SSSR count). The van der Waals surface area contributed by atoms with Crippen LogP contribution in [0.15, 0.2) is 16.7 Å². The smallest absolute Gasteiger partial charge is 0.198 e. The van der Waals surface area contributed by atoms with E-state index >= 15 is 0 Å². The van der Waals surface area contributed by atoms with Crippen molar-refractivity contribution in [2.45, 2.75) is 20.8 Å². The normalized spacial score (nSPS) is 10.8. The molecule has 2 aromatic rings. The highest BCUT2D eigenvalue weighted by atomic mass is 79.9. The van der Waals surface area contributed by atoms with Crippen molar-refractivity contribution in [1.29, 1.82) is 0 Å². The van der Waals surface area contributed by atoms with Crippen LogP contribution < -0.4 is 5.73 Å². The second-order valence-electron chi connectivity index (χ2n) is 4.06. The predicted octanol–water partition coefficient (Wildman–Crippen LogP) is 3.35. The molecule has 0 unspecified atom stereocenters. The van der Waals surface area contributed by atoms with Crippen LogP contribution in [0.2, 0.25) is 0 Å². The lowest BCUT2D eigenvalue weighted by Crippen LogP contribution is -1.91. The molecule has 0 amide bonds. The van der Waals surface area contributed by atoms with E-state index in [0.29, 0.717) is 5.95 Å². The summed E-state index contributed by atoms with van der Waals surface area (Å²) in [7, 11) is 0. The van der Waals surface area contributed by atoms with E-state index < -0.39 is 0 Å². The van der Waals surface area contributed by atoms with E-state index in [0.717, 1.165) is 15.9 Å². The number of hydrogen-bond donors (Lipinski definition) is 2. The zero-order valence-corrected chi connectivity index (χ0v) is 11.1. The topological polar surface area (TPSA) is 54.7 Å². The molecule has 0 spiro atoms. The molecule has 1 aromatic heterocycles. The van der Waals surface area contributed by atoms with E-state index in [9.17, 15) is 0 Å². The molecule has 0 aliphatic carbocycles. The minimum absolute atomic E-state index is 0.432. The molecule has 0 atom stereocenters. The zero-order valence-electron chi connectivity index (χ0n) is 9.56. The number of hydrogen-bond acceptors (Lipinski definition) is 2. The van der Waals surface area contributed by atoms with Gasteiger partial charge in [-0.05, 0) is 47.8 Å². The molecule has 0 saturated heterocycles. The van der Waals surface area contributed by atoms with Crippen LogP contribution in [0.4, 0.5) is 5.95 Å². The number of nitrogen functional groups attached to an aromatic ring is 1. The molecule has 1 aromatic carbocycles. The van der Waals surface area contributed by atoms with Gasteiger partial charge in [0, 0.05) is 5.56 Å². The van der Waals surface area contributed by atoms with Crippen LogP contribution >= 0.6 is 15.9 Å². The predicted molar refractivity (Wildman–Crippen MR) is 70.3 cm³/mol. The number of anilines is 1. The van der Waals surface area contributed by atoms with Crippen molar-refractivity contribution in [1.82, 2.24) is 9.97 Å². The Morgan fingerprint density at radius 3 is 2.19 bits per heavy atom. The van der Waals surface area contributed by atoms with Crippen molar-refractivity contribution in [3.05, 3.63) is 33.4 Å². The number of benzene rings is 1. The lowest BCUT2D eigenvalue weighted by molar-refractivity contribution is 1.29. The van der Waals surface area contributed by atoms with Crippen molar-refractivity contribution >= 4 is 21.9 Å². The monoisotopic (exact) mass is 279 g/mol. The lowest BCUT2D eigenvalue weighted by atomic mass is 9.98. The van der Waals surface area contributed by atoms with Crippen LogP contribution in [-0.4, -0.2) is 9.97 Å². The average molecular weight is 280 g/mol. The van der Waals surface area contributed by atoms with Gasteiger partial charge in [-0.2, -0.15) is 0 Å². The van der Waals surface area contributed by atoms with Gasteiger partial charge in [0.1, 0.15) is 10.3 Å². The molecule has 3 N–H and O–H groups in total. The Morgan fingerprint density at radius 1 is 1.19 bits per heavy atom. The number of nitrogens with one attached hydrogen (secondary N) is 1. The fraction of sp³-hybridized carbons (Fsp3) is 0.250. The summed E-state index contributed by atoms with van der Waals surface area (Å²) in [6.07, 6.45) is 0. The van der Waals surface area contributed by atoms with Gasteiger partial charge in [-0.3, -0.25) is 0 Å². The first-order valence-corrected chi connectivity index (χ1v) is 5.87. The molecule has 16 heavy (non-hydrogen) atoms. The molecule has 0 aliphatic heterocycles. The van der Waals surface area contributed by atoms with E-state index in [1.165, 1.54) is 16.7 Å². The van der Waals surface area contributed by atoms with E-state index in [1.807, 2.05) is 0 Å². The summed E-state index contributed by atoms with van der Waals surface area (Å²) in [5.74, 6) is 0.432. The van der Waals surface area contributed by atoms with E-state index in [4.69, 9.17) is 5.73 Å². The highest BCUT2D eigenvalue weighted by Crippen LogP contribution is 2.32. The molecular weight excluding hydrogens is 266 g/mol. The van der Waals surface area contributed by atoms with Gasteiger partial charge in [0.25, 0.3) is 0 Å². The maximum Gasteiger partial charge on any atom is 0.198 e. The Morgan fingerprint density at radius 2 is 1.75 bits per heavy atom. The third kappa shape index (κ3) is 1.85. The summed E-state index contributed by atoms with van der Waals surface area (Å²) in [6.45, 7) is 6.27. The SMILES string of the molecule is Cc1cc(C)c(-c2nc(N)[nH]c2Br)c(C)c1. The van der Waals surface area contributed by atoms with Gasteiger partial charge in [0.05, 0.1) is 0 Å². The highest BCUT2D eigenvalue weighted by Gasteiger charge is 2.13. The van der Waals surface area contributed by atoms with E-state index in [-0.39, 0.29) is 0 Å². The minimum atomic E-state index is 0.432. The van der Waals surface area contributed by atoms with Gasteiger partial charge in [0.2, 0.25) is 0 Å². The third-order valence-electron chi connectivity index (χ3n) is 2.59. The number of H-pyrrole nitrogens is 1. The number of aromatic nitrogens is 2. The number of nitrogens with two attached hydrogens (primary N) is 1. The van der Waals surface area contributed by atoms with Crippen LogP contribution in [0.1, 0.15) is 16.7 Å². The van der Waals surface area contributed by atoms with E-state index in [2.05, 4.69) is 58.8 Å². The first-order valence-electron chi connectivity index (χ1n) is 5.08. The number of imidazole rings is 1. The maximum absolute atomic E-state index is 5.65. The first kappa shape index (κ1) is 11.2. The molecule has 3 nitrogen and oxygen atoms in total. The molecule has 1 heterocycles. The molecule has 4 heteroatoms. The van der Waals surface area contributed by atoms with Gasteiger partial charge in [-0.15, -0.1) is 0 Å². The second-order valence-corrected chi connectivity index (χ2v) is 4.85. The molecular formula is C12H14BrN3. The van der Waals surface area contributed by atoms with Gasteiger partial charge in [-0.25, -0.2) is 4.98 Å². The Labute approximate surface area is 103 Å². The molecule has 0 radical (unpaired) electrons. The molecule has 0 aliphatic rings. The first-order chi connectivity index (χ1) is 7.49. The Bertz CT molecular complexity index is 520. The minimum Gasteiger partial charge on any atom is -0.369 e. The van der Waals surface area contributed by atoms with Crippen LogP contribution in [0, 0.1) is 20.8 Å². The van der Waals surface area contributed by atoms with E-state index in [1.54, 1.807) is 0 Å². The van der Waals surface area contributed by atoms with Gasteiger partial charge in [0.15, 0.2) is 5.95 Å². The molecule has 0 fully saturated rings. The summed E-state index contributed by atoms with van der Waals surface area (Å²) in [6, 6.07) is 4.30. The number of halogens is 1. The van der Waals surface area contributed by atoms with Gasteiger partial charge < -0.3 is 10.7 Å². The quantitative estimate of drug-likeness (QED) is 0.841. The molecule has 0 bridgehead atoms. The Balaban J connectivity index is 2.69. The summed E-state index contributed by atoms with van der Waals surface area (Å²) in [5, 5.41) is 0. The third-order valence-corrected chi connectivity index (χ3v) is 3.17. The van der Waals surface area contributed by atoms with Gasteiger partial charge >= 0.3 is 0 Å². The maximum atomic E-state index is 5.65. The summed E-state index contributed by atoms with van der Waals surface area (Å²) >= 11 is 3.44. The largest absolute Gasteiger partial charge is 0.369 e. The van der Waals surface area contributed by atoms with Crippen molar-refractivity contribution in [2.75, 3.05) is 5.73 Å². The average Bonchev–Trinajstić information content (AvgIpc) is 2.43. The van der Waals surface area contributed by atoms with Crippen molar-refractivity contribution in [2.24, 2.45) is 0 Å². The lowest BCUT2D eigenvalue weighted by Gasteiger charge is -2.09. The van der Waals surface area contributed by atoms with Crippen LogP contribution in [0.5, 0.6) is 0 Å². The Kier molecular flexibility index (Phi) is 2.76. The summed E-state index contributed by atoms with van der Waals surface area (Å²) < 4.78 is 0.833. The number of aromatic amines is 1. The van der Waals surface area contributed by atoms with Crippen LogP contribution in [0.25, 0.3) is 11.3 Å². The highest BCUT2D eigenvalue weighted by molar-refractivity contribution is 9.10. The fourth-order valence-corrected chi connectivity index (χ4v) is 2.58. The number of rotatable bonds is 1. The number of nitrogens with zero attached hydrogens (tertiary/aromatic N) is 1. The summed E-state index contributed by atoms with van der Waals surface area (Å²) in [5.41, 5.74) is 11.4. The standard InChI is InChI=1S/C12H14BrN3/c1-6-4-7(2)9(8(3)5-6)10-11(13)16-12(14)15-10/h4-5H,1-3H3,(H3,14,15,16). The van der Waals surface area contributed by atoms with Crippen LogP contribution in [0.3, 0.4) is 0 Å². The number of aryl methyl sites for hydroxylation is 3. The van der Waals surface area contributed by atoms with Crippen molar-refractivity contribution < 1.29 is 0 Å². The summed E-state index contributed by atoms with van der Waals surface area (Å²) in [4.78, 5) is 7.27. The molecule has 0 saturated carbocycles. The van der Waals surface area contributed by atoms with Gasteiger partial charge in [-0.1, -0.05) is 17.7 Å². The fourth-order valence-electron chi connectivity index (χ4n) is 2.09. The Hall–Kier alpha value is -1.29.